The Morgan fingerprint density at radius 1 is 1.21 bits per heavy atom. The van der Waals surface area contributed by atoms with Crippen LogP contribution < -0.4 is 9.47 Å². The molecule has 0 amide bonds. The van der Waals surface area contributed by atoms with Crippen LogP contribution in [-0.2, 0) is 0 Å². The van der Waals surface area contributed by atoms with Gasteiger partial charge in [-0.1, -0.05) is 23.2 Å². The summed E-state index contributed by atoms with van der Waals surface area (Å²) in [4.78, 5) is 10.2. The van der Waals surface area contributed by atoms with E-state index in [1.165, 1.54) is 18.2 Å². The van der Waals surface area contributed by atoms with Gasteiger partial charge in [0, 0.05) is 5.02 Å². The minimum absolute atomic E-state index is 0.167. The fraction of sp³-hybridized carbons (Fsp3) is 0. The average Bonchev–Trinajstić information content (AvgIpc) is 2.32. The molecule has 2 aromatic rings. The van der Waals surface area contributed by atoms with Crippen molar-refractivity contribution in [3.63, 3.8) is 0 Å². The molecule has 0 bridgehead atoms. The van der Waals surface area contributed by atoms with Gasteiger partial charge in [0.05, 0.1) is 16.0 Å². The first-order valence-electron chi connectivity index (χ1n) is 4.97. The molecule has 0 radical (unpaired) electrons. The normalized spacial score (nSPS) is 10.2. The second-order valence-electron chi connectivity index (χ2n) is 3.49. The summed E-state index contributed by atoms with van der Waals surface area (Å²) in [5.74, 6) is -0.0351. The Labute approximate surface area is 117 Å². The molecule has 0 unspecified atom stereocenters. The summed E-state index contributed by atoms with van der Waals surface area (Å²) in [6, 6.07) is 5.45. The van der Waals surface area contributed by atoms with Crippen LogP contribution in [0.3, 0.4) is 0 Å². The topological polar surface area (TPSA) is 79.3 Å². The minimum Gasteiger partial charge on any atom is -0.619 e. The maximum absolute atomic E-state index is 11.2. The van der Waals surface area contributed by atoms with Gasteiger partial charge in [0.1, 0.15) is 5.75 Å². The fourth-order valence-corrected chi connectivity index (χ4v) is 1.80. The van der Waals surface area contributed by atoms with E-state index >= 15 is 0 Å². The first-order valence-corrected chi connectivity index (χ1v) is 5.73. The third kappa shape index (κ3) is 3.04. The number of ether oxygens (including phenoxy) is 1. The molecule has 0 N–H and O–H groups in total. The predicted octanol–water partition coefficient (Wildman–Crippen LogP) is 3.33. The lowest BCUT2D eigenvalue weighted by Gasteiger charge is -2.07. The van der Waals surface area contributed by atoms with Crippen molar-refractivity contribution >= 4 is 28.9 Å². The van der Waals surface area contributed by atoms with Gasteiger partial charge >= 0.3 is 5.69 Å². The molecule has 0 saturated carbocycles. The first kappa shape index (κ1) is 13.4. The molecule has 6 nitrogen and oxygen atoms in total. The number of aromatic nitrogens is 1. The first-order chi connectivity index (χ1) is 8.97. The number of halogens is 2. The van der Waals surface area contributed by atoms with Gasteiger partial charge in [-0.3, -0.25) is 10.1 Å². The molecule has 19 heavy (non-hydrogen) atoms. The highest BCUT2D eigenvalue weighted by atomic mass is 35.5. The Morgan fingerprint density at radius 2 is 1.95 bits per heavy atom. The van der Waals surface area contributed by atoms with Gasteiger partial charge in [0.25, 0.3) is 5.75 Å². The standard InChI is InChI=1S/C11H6Cl2N2O4/c12-7-1-2-10(8(13)5-7)19-11-6-14(16)4-3-9(11)15(17)18/h1-6H. The lowest BCUT2D eigenvalue weighted by atomic mass is 10.3. The molecule has 0 aliphatic carbocycles. The van der Waals surface area contributed by atoms with Crippen molar-refractivity contribution in [1.82, 2.24) is 0 Å². The SMILES string of the molecule is O=[N+]([O-])c1cc[n+]([O-])cc1Oc1ccc(Cl)cc1Cl. The summed E-state index contributed by atoms with van der Waals surface area (Å²) in [5, 5.41) is 22.6. The molecule has 2 rings (SSSR count). The molecule has 0 fully saturated rings. The van der Waals surface area contributed by atoms with Crippen LogP contribution in [0.15, 0.2) is 36.7 Å². The van der Waals surface area contributed by atoms with Crippen LogP contribution in [-0.4, -0.2) is 4.92 Å². The molecule has 1 aromatic heterocycles. The van der Waals surface area contributed by atoms with Gasteiger partial charge in [-0.2, -0.15) is 4.73 Å². The van der Waals surface area contributed by atoms with Crippen molar-refractivity contribution in [2.24, 2.45) is 0 Å². The van der Waals surface area contributed by atoms with Crippen LogP contribution in [0.1, 0.15) is 0 Å². The van der Waals surface area contributed by atoms with Gasteiger partial charge in [0.2, 0.25) is 6.20 Å². The van der Waals surface area contributed by atoms with Gasteiger partial charge in [-0.15, -0.1) is 0 Å². The Kier molecular flexibility index (Phi) is 3.73. The number of hydrogen-bond donors (Lipinski definition) is 0. The highest BCUT2D eigenvalue weighted by molar-refractivity contribution is 6.35. The van der Waals surface area contributed by atoms with Crippen molar-refractivity contribution in [2.75, 3.05) is 0 Å². The number of rotatable bonds is 3. The zero-order valence-electron chi connectivity index (χ0n) is 9.25. The van der Waals surface area contributed by atoms with Gasteiger partial charge in [0.15, 0.2) is 6.20 Å². The molecule has 0 saturated heterocycles. The lowest BCUT2D eigenvalue weighted by molar-refractivity contribution is -0.606. The summed E-state index contributed by atoms with van der Waals surface area (Å²) < 4.78 is 5.68. The van der Waals surface area contributed by atoms with Crippen LogP contribution in [0.5, 0.6) is 11.5 Å². The lowest BCUT2D eigenvalue weighted by Crippen LogP contribution is -2.24. The number of nitrogens with zero attached hydrogens (tertiary/aromatic N) is 2. The molecule has 0 spiro atoms. The number of pyridine rings is 1. The van der Waals surface area contributed by atoms with Crippen LogP contribution in [0, 0.1) is 15.3 Å². The molecule has 1 heterocycles. The van der Waals surface area contributed by atoms with Gasteiger partial charge < -0.3 is 9.94 Å². The third-order valence-corrected chi connectivity index (χ3v) is 2.72. The number of hydrogen-bond acceptors (Lipinski definition) is 4. The minimum atomic E-state index is -0.654. The third-order valence-electron chi connectivity index (χ3n) is 2.19. The van der Waals surface area contributed by atoms with Crippen molar-refractivity contribution in [2.45, 2.75) is 0 Å². The van der Waals surface area contributed by atoms with Crippen molar-refractivity contribution < 1.29 is 14.4 Å². The van der Waals surface area contributed by atoms with Gasteiger partial charge in [-0.05, 0) is 18.2 Å². The number of benzene rings is 1. The Morgan fingerprint density at radius 3 is 2.58 bits per heavy atom. The average molecular weight is 301 g/mol. The van der Waals surface area contributed by atoms with Crippen LogP contribution in [0.4, 0.5) is 5.69 Å². The molecule has 8 heteroatoms. The van der Waals surface area contributed by atoms with E-state index in [-0.39, 0.29) is 22.2 Å². The predicted molar refractivity (Wildman–Crippen MR) is 68.6 cm³/mol. The van der Waals surface area contributed by atoms with Crippen molar-refractivity contribution in [1.29, 1.82) is 0 Å². The van der Waals surface area contributed by atoms with E-state index in [1.807, 2.05) is 0 Å². The molecule has 0 atom stereocenters. The van der Waals surface area contributed by atoms with E-state index in [0.29, 0.717) is 9.75 Å². The van der Waals surface area contributed by atoms with E-state index < -0.39 is 4.92 Å². The number of nitro groups is 1. The van der Waals surface area contributed by atoms with E-state index in [9.17, 15) is 15.3 Å². The summed E-state index contributed by atoms with van der Waals surface area (Å²) in [6.45, 7) is 0. The monoisotopic (exact) mass is 300 g/mol. The zero-order valence-corrected chi connectivity index (χ0v) is 10.8. The summed E-state index contributed by atoms with van der Waals surface area (Å²) >= 11 is 11.6. The van der Waals surface area contributed by atoms with E-state index in [0.717, 1.165) is 18.5 Å². The molecular formula is C11H6Cl2N2O4. The Bertz CT molecular complexity index is 649. The second-order valence-corrected chi connectivity index (χ2v) is 4.33. The largest absolute Gasteiger partial charge is 0.619 e. The Hall–Kier alpha value is -2.05. The molecule has 1 aromatic carbocycles. The van der Waals surface area contributed by atoms with E-state index in [2.05, 4.69) is 0 Å². The second kappa shape index (κ2) is 5.29. The van der Waals surface area contributed by atoms with Crippen molar-refractivity contribution in [3.05, 3.63) is 62.0 Å². The summed E-state index contributed by atoms with van der Waals surface area (Å²) in [5.41, 5.74) is -0.335. The molecule has 0 aliphatic heterocycles. The van der Waals surface area contributed by atoms with Crippen LogP contribution in [0.2, 0.25) is 10.0 Å². The van der Waals surface area contributed by atoms with Crippen molar-refractivity contribution in [3.8, 4) is 11.5 Å². The Balaban J connectivity index is 2.42. The smallest absolute Gasteiger partial charge is 0.323 e. The van der Waals surface area contributed by atoms with Crippen LogP contribution >= 0.6 is 23.2 Å². The highest BCUT2D eigenvalue weighted by Gasteiger charge is 2.20. The molecule has 0 aliphatic rings. The molecular weight excluding hydrogens is 295 g/mol. The van der Waals surface area contributed by atoms with Gasteiger partial charge in [-0.25, -0.2) is 0 Å². The maximum atomic E-state index is 11.2. The highest BCUT2D eigenvalue weighted by Crippen LogP contribution is 2.34. The summed E-state index contributed by atoms with van der Waals surface area (Å²) in [6.07, 6.45) is 1.96. The zero-order chi connectivity index (χ0) is 14.0. The fourth-order valence-electron chi connectivity index (χ4n) is 1.36. The summed E-state index contributed by atoms with van der Waals surface area (Å²) in [7, 11) is 0. The van der Waals surface area contributed by atoms with E-state index in [1.54, 1.807) is 0 Å². The van der Waals surface area contributed by atoms with Crippen LogP contribution in [0.25, 0.3) is 0 Å². The molecule has 98 valence electrons. The quantitative estimate of drug-likeness (QED) is 0.377. The maximum Gasteiger partial charge on any atom is 0.323 e. The van der Waals surface area contributed by atoms with E-state index in [4.69, 9.17) is 27.9 Å².